The fourth-order valence-corrected chi connectivity index (χ4v) is 2.18. The number of fused-ring (bicyclic) bond motifs is 1. The maximum atomic E-state index is 13.2. The summed E-state index contributed by atoms with van der Waals surface area (Å²) in [5.41, 5.74) is 1.05. The van der Waals surface area contributed by atoms with Crippen LogP contribution >= 0.6 is 0 Å². The van der Waals surface area contributed by atoms with Crippen molar-refractivity contribution in [2.24, 2.45) is 5.92 Å². The molecule has 0 radical (unpaired) electrons. The van der Waals surface area contributed by atoms with E-state index >= 15 is 0 Å². The molecule has 0 saturated carbocycles. The molecule has 0 fully saturated rings. The Balaban J connectivity index is 2.54. The summed E-state index contributed by atoms with van der Waals surface area (Å²) in [5.74, 6) is 1.16. The van der Waals surface area contributed by atoms with Crippen LogP contribution in [0.4, 0.5) is 4.39 Å². The molecular weight excluding hydrogens is 191 g/mol. The minimum Gasteiger partial charge on any atom is -0.493 e. The number of ether oxygens (including phenoxy) is 1. The molecule has 82 valence electrons. The van der Waals surface area contributed by atoms with Crippen molar-refractivity contribution in [3.63, 3.8) is 0 Å². The summed E-state index contributed by atoms with van der Waals surface area (Å²) in [6, 6.07) is 4.82. The SMILES string of the molecule is CC(C)[C@]1(C)CCOc2ccc(F)cc21. The molecule has 1 aromatic carbocycles. The molecule has 1 heterocycles. The monoisotopic (exact) mass is 208 g/mol. The Kier molecular flexibility index (Phi) is 2.45. The van der Waals surface area contributed by atoms with E-state index in [1.54, 1.807) is 12.1 Å². The number of hydrogen-bond donors (Lipinski definition) is 0. The molecule has 1 nitrogen and oxygen atoms in total. The third-order valence-electron chi connectivity index (χ3n) is 3.71. The van der Waals surface area contributed by atoms with Crippen LogP contribution in [-0.2, 0) is 5.41 Å². The quantitative estimate of drug-likeness (QED) is 0.686. The highest BCUT2D eigenvalue weighted by molar-refractivity contribution is 5.41. The van der Waals surface area contributed by atoms with Crippen LogP contribution in [0.5, 0.6) is 5.75 Å². The van der Waals surface area contributed by atoms with Crippen LogP contribution in [0.1, 0.15) is 32.8 Å². The fraction of sp³-hybridized carbons (Fsp3) is 0.538. The van der Waals surface area contributed by atoms with Crippen LogP contribution in [0.3, 0.4) is 0 Å². The Bertz CT molecular complexity index is 373. The predicted octanol–water partition coefficient (Wildman–Crippen LogP) is 3.52. The van der Waals surface area contributed by atoms with Gasteiger partial charge >= 0.3 is 0 Å². The summed E-state index contributed by atoms with van der Waals surface area (Å²) in [4.78, 5) is 0. The van der Waals surface area contributed by atoms with Gasteiger partial charge in [-0.15, -0.1) is 0 Å². The van der Waals surface area contributed by atoms with E-state index in [-0.39, 0.29) is 11.2 Å². The number of hydrogen-bond acceptors (Lipinski definition) is 1. The van der Waals surface area contributed by atoms with E-state index in [4.69, 9.17) is 4.74 Å². The lowest BCUT2D eigenvalue weighted by Crippen LogP contribution is -2.34. The summed E-state index contributed by atoms with van der Waals surface area (Å²) in [5, 5.41) is 0. The van der Waals surface area contributed by atoms with Crippen molar-refractivity contribution in [2.75, 3.05) is 6.61 Å². The normalized spacial score (nSPS) is 24.9. The Morgan fingerprint density at radius 2 is 2.13 bits per heavy atom. The highest BCUT2D eigenvalue weighted by atomic mass is 19.1. The van der Waals surface area contributed by atoms with Crippen molar-refractivity contribution in [3.8, 4) is 5.75 Å². The number of benzene rings is 1. The van der Waals surface area contributed by atoms with E-state index in [1.807, 2.05) is 0 Å². The third kappa shape index (κ3) is 1.62. The molecule has 2 heteroatoms. The first-order valence-electron chi connectivity index (χ1n) is 5.47. The van der Waals surface area contributed by atoms with Gasteiger partial charge in [0.2, 0.25) is 0 Å². The smallest absolute Gasteiger partial charge is 0.123 e. The molecule has 0 amide bonds. The van der Waals surface area contributed by atoms with E-state index in [9.17, 15) is 4.39 Å². The van der Waals surface area contributed by atoms with Crippen LogP contribution in [0.15, 0.2) is 18.2 Å². The van der Waals surface area contributed by atoms with Crippen molar-refractivity contribution in [1.29, 1.82) is 0 Å². The van der Waals surface area contributed by atoms with Gasteiger partial charge in [0.15, 0.2) is 0 Å². The molecule has 15 heavy (non-hydrogen) atoms. The molecule has 0 aliphatic carbocycles. The molecule has 0 bridgehead atoms. The van der Waals surface area contributed by atoms with Gasteiger partial charge in [-0.25, -0.2) is 4.39 Å². The highest BCUT2D eigenvalue weighted by Gasteiger charge is 2.36. The van der Waals surface area contributed by atoms with Gasteiger partial charge in [-0.3, -0.25) is 0 Å². The lowest BCUT2D eigenvalue weighted by Gasteiger charge is -2.39. The Morgan fingerprint density at radius 1 is 1.40 bits per heavy atom. The van der Waals surface area contributed by atoms with Gasteiger partial charge < -0.3 is 4.74 Å². The minimum atomic E-state index is -0.175. The standard InChI is InChI=1S/C13H17FO/c1-9(2)13(3)6-7-15-12-5-4-10(14)8-11(12)13/h4-5,8-9H,6-7H2,1-3H3/t13-/m0/s1. The molecular formula is C13H17FO. The van der Waals surface area contributed by atoms with Crippen LogP contribution in [0.2, 0.25) is 0 Å². The van der Waals surface area contributed by atoms with E-state index in [0.29, 0.717) is 5.92 Å². The molecule has 0 saturated heterocycles. The van der Waals surface area contributed by atoms with E-state index < -0.39 is 0 Å². The summed E-state index contributed by atoms with van der Waals surface area (Å²) >= 11 is 0. The van der Waals surface area contributed by atoms with Crippen molar-refractivity contribution >= 4 is 0 Å². The Hall–Kier alpha value is -1.05. The third-order valence-corrected chi connectivity index (χ3v) is 3.71. The summed E-state index contributed by atoms with van der Waals surface area (Å²) in [6.45, 7) is 7.28. The van der Waals surface area contributed by atoms with Gasteiger partial charge in [0, 0.05) is 11.0 Å². The van der Waals surface area contributed by atoms with Crippen molar-refractivity contribution in [3.05, 3.63) is 29.6 Å². The average molecular weight is 208 g/mol. The van der Waals surface area contributed by atoms with Gasteiger partial charge in [-0.1, -0.05) is 20.8 Å². The second-order valence-corrected chi connectivity index (χ2v) is 4.81. The maximum absolute atomic E-state index is 13.2. The van der Waals surface area contributed by atoms with Crippen molar-refractivity contribution in [1.82, 2.24) is 0 Å². The Labute approximate surface area is 90.3 Å². The molecule has 0 spiro atoms. The Morgan fingerprint density at radius 3 is 2.80 bits per heavy atom. The molecule has 0 aromatic heterocycles. The van der Waals surface area contributed by atoms with E-state index in [1.165, 1.54) is 6.07 Å². The summed E-state index contributed by atoms with van der Waals surface area (Å²) in [6.07, 6.45) is 0.959. The zero-order valence-corrected chi connectivity index (χ0v) is 9.51. The first-order valence-corrected chi connectivity index (χ1v) is 5.47. The van der Waals surface area contributed by atoms with Crippen LogP contribution < -0.4 is 4.74 Å². The van der Waals surface area contributed by atoms with Crippen LogP contribution in [-0.4, -0.2) is 6.61 Å². The largest absolute Gasteiger partial charge is 0.493 e. The zero-order chi connectivity index (χ0) is 11.1. The summed E-state index contributed by atoms with van der Waals surface area (Å²) in [7, 11) is 0. The van der Waals surface area contributed by atoms with E-state index in [0.717, 1.165) is 24.3 Å². The lowest BCUT2D eigenvalue weighted by molar-refractivity contribution is 0.186. The second-order valence-electron chi connectivity index (χ2n) is 4.81. The zero-order valence-electron chi connectivity index (χ0n) is 9.51. The molecule has 1 atom stereocenters. The van der Waals surface area contributed by atoms with Crippen LogP contribution in [0, 0.1) is 11.7 Å². The van der Waals surface area contributed by atoms with Gasteiger partial charge in [-0.05, 0) is 30.5 Å². The van der Waals surface area contributed by atoms with Gasteiger partial charge in [0.1, 0.15) is 11.6 Å². The predicted molar refractivity (Wildman–Crippen MR) is 58.7 cm³/mol. The molecule has 0 unspecified atom stereocenters. The average Bonchev–Trinajstić information content (AvgIpc) is 2.19. The highest BCUT2D eigenvalue weighted by Crippen LogP contribution is 2.43. The molecule has 1 aromatic rings. The lowest BCUT2D eigenvalue weighted by atomic mass is 9.70. The maximum Gasteiger partial charge on any atom is 0.123 e. The topological polar surface area (TPSA) is 9.23 Å². The van der Waals surface area contributed by atoms with E-state index in [2.05, 4.69) is 20.8 Å². The van der Waals surface area contributed by atoms with Gasteiger partial charge in [0.05, 0.1) is 6.61 Å². The first-order chi connectivity index (χ1) is 7.04. The second kappa shape index (κ2) is 3.51. The summed E-state index contributed by atoms with van der Waals surface area (Å²) < 4.78 is 18.8. The molecule has 1 aliphatic heterocycles. The van der Waals surface area contributed by atoms with Crippen molar-refractivity contribution in [2.45, 2.75) is 32.6 Å². The van der Waals surface area contributed by atoms with Gasteiger partial charge in [-0.2, -0.15) is 0 Å². The first kappa shape index (κ1) is 10.5. The van der Waals surface area contributed by atoms with Crippen molar-refractivity contribution < 1.29 is 9.13 Å². The molecule has 1 aliphatic rings. The molecule has 0 N–H and O–H groups in total. The number of rotatable bonds is 1. The fourth-order valence-electron chi connectivity index (χ4n) is 2.18. The minimum absolute atomic E-state index is 0.0374. The van der Waals surface area contributed by atoms with Crippen LogP contribution in [0.25, 0.3) is 0 Å². The van der Waals surface area contributed by atoms with Gasteiger partial charge in [0.25, 0.3) is 0 Å². The molecule has 2 rings (SSSR count). The number of halogens is 1.